The molecule has 1 aromatic heterocycles. The molecular weight excluding hydrogens is 334 g/mol. The number of thioether (sulfide) groups is 1. The number of para-hydroxylation sites is 2. The molecule has 5 nitrogen and oxygen atoms in total. The number of benzene rings is 2. The summed E-state index contributed by atoms with van der Waals surface area (Å²) >= 11 is 1.26. The van der Waals surface area contributed by atoms with Crippen molar-refractivity contribution in [2.24, 2.45) is 0 Å². The highest BCUT2D eigenvalue weighted by molar-refractivity contribution is 7.99. The minimum absolute atomic E-state index is 0.119. The average molecular weight is 353 g/mol. The lowest BCUT2D eigenvalue weighted by molar-refractivity contribution is -0.113. The summed E-state index contributed by atoms with van der Waals surface area (Å²) in [4.78, 5) is 28.7. The molecule has 6 heteroatoms. The molecule has 3 rings (SSSR count). The van der Waals surface area contributed by atoms with Crippen molar-refractivity contribution in [3.63, 3.8) is 0 Å². The smallest absolute Gasteiger partial charge is 0.234 e. The highest BCUT2D eigenvalue weighted by Gasteiger charge is 2.15. The van der Waals surface area contributed by atoms with Crippen LogP contribution in [0.15, 0.2) is 47.6 Å². The monoisotopic (exact) mass is 353 g/mol. The molecule has 1 amide bonds. The van der Waals surface area contributed by atoms with E-state index in [1.54, 1.807) is 4.57 Å². The van der Waals surface area contributed by atoms with E-state index in [0.717, 1.165) is 27.8 Å². The molecule has 1 heterocycles. The van der Waals surface area contributed by atoms with Crippen LogP contribution in [-0.2, 0) is 4.79 Å². The van der Waals surface area contributed by atoms with Crippen LogP contribution in [0.1, 0.15) is 22.8 Å². The van der Waals surface area contributed by atoms with E-state index in [2.05, 4.69) is 10.3 Å². The Bertz CT molecular complexity index is 962. The highest BCUT2D eigenvalue weighted by atomic mass is 32.2. The molecule has 0 unspecified atom stereocenters. The van der Waals surface area contributed by atoms with Gasteiger partial charge in [0.2, 0.25) is 11.8 Å². The van der Waals surface area contributed by atoms with Crippen LogP contribution < -0.4 is 5.32 Å². The standard InChI is InChI=1S/C19H19N3O2S/c1-12-8-9-13(2)16(10-12)20-18(24)11-25-19-21-15-6-4-5-7-17(15)22(19)14(3)23/h4-10H,11H2,1-3H3,(H,20,24). The van der Waals surface area contributed by atoms with Gasteiger partial charge in [-0.2, -0.15) is 0 Å². The van der Waals surface area contributed by atoms with E-state index >= 15 is 0 Å². The summed E-state index contributed by atoms with van der Waals surface area (Å²) in [5, 5.41) is 3.45. The predicted molar refractivity (Wildman–Crippen MR) is 101 cm³/mol. The Labute approximate surface area is 150 Å². The van der Waals surface area contributed by atoms with E-state index in [-0.39, 0.29) is 17.6 Å². The van der Waals surface area contributed by atoms with Gasteiger partial charge in [-0.15, -0.1) is 0 Å². The molecule has 0 aliphatic heterocycles. The first-order valence-electron chi connectivity index (χ1n) is 7.94. The van der Waals surface area contributed by atoms with Crippen LogP contribution in [0.4, 0.5) is 5.69 Å². The third-order valence-electron chi connectivity index (χ3n) is 3.84. The van der Waals surface area contributed by atoms with Gasteiger partial charge in [0, 0.05) is 12.6 Å². The number of amides is 1. The number of carbonyl (C=O) groups excluding carboxylic acids is 2. The van der Waals surface area contributed by atoms with Crippen molar-refractivity contribution in [3.8, 4) is 0 Å². The van der Waals surface area contributed by atoms with Gasteiger partial charge in [-0.1, -0.05) is 36.0 Å². The van der Waals surface area contributed by atoms with Crippen molar-refractivity contribution in [1.29, 1.82) is 0 Å². The number of aromatic nitrogens is 2. The molecule has 0 saturated carbocycles. The second kappa shape index (κ2) is 7.11. The first-order valence-corrected chi connectivity index (χ1v) is 8.92. The zero-order valence-electron chi connectivity index (χ0n) is 14.4. The molecule has 2 aromatic carbocycles. The first-order chi connectivity index (χ1) is 12.0. The molecule has 0 radical (unpaired) electrons. The third kappa shape index (κ3) is 3.74. The van der Waals surface area contributed by atoms with Gasteiger partial charge in [-0.3, -0.25) is 14.2 Å². The normalized spacial score (nSPS) is 10.8. The van der Waals surface area contributed by atoms with Crippen molar-refractivity contribution in [1.82, 2.24) is 9.55 Å². The maximum absolute atomic E-state index is 12.3. The van der Waals surface area contributed by atoms with Crippen molar-refractivity contribution >= 4 is 40.3 Å². The Morgan fingerprint density at radius 1 is 1.16 bits per heavy atom. The maximum Gasteiger partial charge on any atom is 0.234 e. The fraction of sp³-hybridized carbons (Fsp3) is 0.211. The quantitative estimate of drug-likeness (QED) is 0.719. The highest BCUT2D eigenvalue weighted by Crippen LogP contribution is 2.24. The number of carbonyl (C=O) groups is 2. The number of hydrogen-bond donors (Lipinski definition) is 1. The molecule has 0 aliphatic carbocycles. The minimum Gasteiger partial charge on any atom is -0.325 e. The van der Waals surface area contributed by atoms with Gasteiger partial charge in [0.25, 0.3) is 0 Å². The van der Waals surface area contributed by atoms with E-state index in [4.69, 9.17) is 0 Å². The van der Waals surface area contributed by atoms with Crippen LogP contribution in [0.25, 0.3) is 11.0 Å². The first kappa shape index (κ1) is 17.2. The van der Waals surface area contributed by atoms with Crippen molar-refractivity contribution in [3.05, 3.63) is 53.6 Å². The fourth-order valence-corrected chi connectivity index (χ4v) is 3.44. The fourth-order valence-electron chi connectivity index (χ4n) is 2.59. The molecule has 0 atom stereocenters. The van der Waals surface area contributed by atoms with Crippen LogP contribution in [0.2, 0.25) is 0 Å². The van der Waals surface area contributed by atoms with E-state index in [1.807, 2.05) is 56.3 Å². The Balaban J connectivity index is 1.76. The number of imidazole rings is 1. The van der Waals surface area contributed by atoms with E-state index in [0.29, 0.717) is 5.16 Å². The number of anilines is 1. The third-order valence-corrected chi connectivity index (χ3v) is 4.78. The Morgan fingerprint density at radius 2 is 1.92 bits per heavy atom. The molecule has 3 aromatic rings. The van der Waals surface area contributed by atoms with Crippen molar-refractivity contribution in [2.45, 2.75) is 25.9 Å². The van der Waals surface area contributed by atoms with Crippen LogP contribution in [0.3, 0.4) is 0 Å². The predicted octanol–water partition coefficient (Wildman–Crippen LogP) is 4.04. The van der Waals surface area contributed by atoms with E-state index in [9.17, 15) is 9.59 Å². The van der Waals surface area contributed by atoms with E-state index < -0.39 is 0 Å². The summed E-state index contributed by atoms with van der Waals surface area (Å²) in [5.41, 5.74) is 4.42. The van der Waals surface area contributed by atoms with Gasteiger partial charge in [0.1, 0.15) is 0 Å². The second-order valence-electron chi connectivity index (χ2n) is 5.89. The van der Waals surface area contributed by atoms with Gasteiger partial charge in [-0.25, -0.2) is 4.98 Å². The number of hydrogen-bond acceptors (Lipinski definition) is 4. The number of aryl methyl sites for hydroxylation is 2. The lowest BCUT2D eigenvalue weighted by Crippen LogP contribution is -2.16. The van der Waals surface area contributed by atoms with Gasteiger partial charge >= 0.3 is 0 Å². The summed E-state index contributed by atoms with van der Waals surface area (Å²) in [5.74, 6) is -0.0590. The largest absolute Gasteiger partial charge is 0.325 e. The summed E-state index contributed by atoms with van der Waals surface area (Å²) in [6.45, 7) is 5.44. The summed E-state index contributed by atoms with van der Waals surface area (Å²) < 4.78 is 1.55. The van der Waals surface area contributed by atoms with Crippen molar-refractivity contribution < 1.29 is 9.59 Å². The molecule has 0 aliphatic rings. The Morgan fingerprint density at radius 3 is 2.68 bits per heavy atom. The van der Waals surface area contributed by atoms with Gasteiger partial charge < -0.3 is 5.32 Å². The molecule has 25 heavy (non-hydrogen) atoms. The van der Waals surface area contributed by atoms with Crippen molar-refractivity contribution in [2.75, 3.05) is 11.1 Å². The zero-order chi connectivity index (χ0) is 18.0. The molecular formula is C19H19N3O2S. The minimum atomic E-state index is -0.124. The van der Waals surface area contributed by atoms with Gasteiger partial charge in [0.05, 0.1) is 16.8 Å². The lowest BCUT2D eigenvalue weighted by atomic mass is 10.1. The topological polar surface area (TPSA) is 64.0 Å². The van der Waals surface area contributed by atoms with E-state index in [1.165, 1.54) is 18.7 Å². The Hall–Kier alpha value is -2.60. The van der Waals surface area contributed by atoms with Gasteiger partial charge in [0.15, 0.2) is 5.16 Å². The van der Waals surface area contributed by atoms with Gasteiger partial charge in [-0.05, 0) is 43.2 Å². The summed E-state index contributed by atoms with van der Waals surface area (Å²) in [6, 6.07) is 13.4. The second-order valence-corrected chi connectivity index (χ2v) is 6.84. The number of nitrogens with zero attached hydrogens (tertiary/aromatic N) is 2. The lowest BCUT2D eigenvalue weighted by Gasteiger charge is -2.09. The van der Waals surface area contributed by atoms with Crippen LogP contribution in [0, 0.1) is 13.8 Å². The maximum atomic E-state index is 12.3. The van der Waals surface area contributed by atoms with Crippen LogP contribution in [-0.4, -0.2) is 27.1 Å². The molecule has 0 bridgehead atoms. The molecule has 0 spiro atoms. The molecule has 0 fully saturated rings. The number of nitrogens with one attached hydrogen (secondary N) is 1. The van der Waals surface area contributed by atoms with Crippen LogP contribution in [0.5, 0.6) is 0 Å². The number of rotatable bonds is 4. The average Bonchev–Trinajstić information content (AvgIpc) is 2.95. The zero-order valence-corrected chi connectivity index (χ0v) is 15.2. The number of fused-ring (bicyclic) bond motifs is 1. The SMILES string of the molecule is CC(=O)n1c(SCC(=O)Nc2cc(C)ccc2C)nc2ccccc21. The Kier molecular flexibility index (Phi) is 4.90. The summed E-state index contributed by atoms with van der Waals surface area (Å²) in [7, 11) is 0. The van der Waals surface area contributed by atoms with Crippen LogP contribution >= 0.6 is 11.8 Å². The molecule has 128 valence electrons. The summed E-state index contributed by atoms with van der Waals surface area (Å²) in [6.07, 6.45) is 0. The molecule has 0 saturated heterocycles. The molecule has 1 N–H and O–H groups in total.